The van der Waals surface area contributed by atoms with Crippen LogP contribution in [0.2, 0.25) is 0 Å². The van der Waals surface area contributed by atoms with E-state index < -0.39 is 0 Å². The molecule has 1 amide bonds. The molecule has 3 aliphatic heterocycles. The maximum Gasteiger partial charge on any atom is 0.288 e. The molecule has 0 unspecified atom stereocenters. The third-order valence-corrected chi connectivity index (χ3v) is 8.43. The third-order valence-electron chi connectivity index (χ3n) is 6.65. The maximum absolute atomic E-state index is 13.8. The van der Waals surface area contributed by atoms with Gasteiger partial charge >= 0.3 is 0 Å². The summed E-state index contributed by atoms with van der Waals surface area (Å²) in [6, 6.07) is 10.3. The molecule has 1 atom stereocenters. The summed E-state index contributed by atoms with van der Waals surface area (Å²) in [6.07, 6.45) is 6.07. The van der Waals surface area contributed by atoms with Crippen molar-refractivity contribution < 1.29 is 4.79 Å². The summed E-state index contributed by atoms with van der Waals surface area (Å²) in [5, 5.41) is 0.921. The first-order chi connectivity index (χ1) is 15.9. The molecule has 3 aliphatic rings. The molecule has 0 spiro atoms. The first-order valence-corrected chi connectivity index (χ1v) is 13.0. The summed E-state index contributed by atoms with van der Waals surface area (Å²) in [7, 11) is 0. The fourth-order valence-corrected chi connectivity index (χ4v) is 6.20. The van der Waals surface area contributed by atoms with Gasteiger partial charge in [-0.05, 0) is 45.6 Å². The van der Waals surface area contributed by atoms with Gasteiger partial charge in [0, 0.05) is 24.7 Å². The number of amidine groups is 1. The molecule has 4 heterocycles. The van der Waals surface area contributed by atoms with Gasteiger partial charge in [-0.15, -0.1) is 11.3 Å². The Morgan fingerprint density at radius 1 is 1.21 bits per heavy atom. The van der Waals surface area contributed by atoms with E-state index in [2.05, 4.69) is 62.1 Å². The second-order valence-electron chi connectivity index (χ2n) is 8.87. The summed E-state index contributed by atoms with van der Waals surface area (Å²) < 4.78 is 2.06. The highest BCUT2D eigenvalue weighted by molar-refractivity contribution is 9.07. The number of thiazole rings is 1. The van der Waals surface area contributed by atoms with Gasteiger partial charge in [-0.2, -0.15) is 4.99 Å². The molecule has 2 aromatic rings. The van der Waals surface area contributed by atoms with Crippen LogP contribution in [-0.2, 0) is 0 Å². The van der Waals surface area contributed by atoms with E-state index in [1.165, 1.54) is 11.3 Å². The number of aromatic nitrogens is 1. The van der Waals surface area contributed by atoms with Gasteiger partial charge in [0.2, 0.25) is 6.67 Å². The van der Waals surface area contributed by atoms with E-state index in [1.807, 2.05) is 30.0 Å². The number of aliphatic imine (C=N–C) groups is 1. The second-order valence-corrected chi connectivity index (χ2v) is 10.9. The molecule has 1 radical (unpaired) electrons. The Balaban J connectivity index is 1.40. The average Bonchev–Trinajstić information content (AvgIpc) is 3.41. The molecule has 0 saturated carbocycles. The van der Waals surface area contributed by atoms with Crippen LogP contribution < -0.4 is 4.90 Å². The number of rotatable bonds is 4. The van der Waals surface area contributed by atoms with Gasteiger partial charge in [0.15, 0.2) is 6.20 Å². The van der Waals surface area contributed by atoms with Crippen molar-refractivity contribution >= 4 is 39.2 Å². The van der Waals surface area contributed by atoms with Gasteiger partial charge in [0.1, 0.15) is 11.4 Å². The molecule has 1 saturated heterocycles. The van der Waals surface area contributed by atoms with E-state index >= 15 is 0 Å². The number of halogens is 1. The molecule has 0 bridgehead atoms. The largest absolute Gasteiger partial charge is 0.334 e. The molecule has 1 fully saturated rings. The van der Waals surface area contributed by atoms with Crippen LogP contribution in [0.25, 0.3) is 10.4 Å². The molecule has 5 rings (SSSR count). The summed E-state index contributed by atoms with van der Waals surface area (Å²) in [6.45, 7) is 7.69. The van der Waals surface area contributed by atoms with Crippen molar-refractivity contribution in [3.63, 3.8) is 0 Å². The lowest BCUT2D eigenvalue weighted by molar-refractivity contribution is 0.0608. The van der Waals surface area contributed by atoms with Crippen LogP contribution in [0.5, 0.6) is 0 Å². The molecule has 8 heteroatoms. The number of allylic oxidation sites excluding steroid dienone is 1. The molecule has 0 N–H and O–H groups in total. The van der Waals surface area contributed by atoms with Crippen LogP contribution in [0.3, 0.4) is 0 Å². The van der Waals surface area contributed by atoms with Gasteiger partial charge in [0.25, 0.3) is 11.7 Å². The van der Waals surface area contributed by atoms with Gasteiger partial charge in [0.05, 0.1) is 31.6 Å². The van der Waals surface area contributed by atoms with E-state index in [1.54, 1.807) is 11.3 Å². The van der Waals surface area contributed by atoms with Crippen molar-refractivity contribution in [1.82, 2.24) is 18.7 Å². The van der Waals surface area contributed by atoms with Crippen molar-refractivity contribution in [2.24, 2.45) is 4.99 Å². The maximum atomic E-state index is 13.8. The molecular formula is C25H28BrN5OS+. The van der Waals surface area contributed by atoms with Crippen LogP contribution in [-0.4, -0.2) is 44.8 Å². The highest BCUT2D eigenvalue weighted by Gasteiger charge is 2.39. The third kappa shape index (κ3) is 4.32. The Kier molecular flexibility index (Phi) is 6.24. The Labute approximate surface area is 207 Å². The number of aryl methyl sites for hydroxylation is 1. The first-order valence-electron chi connectivity index (χ1n) is 11.4. The van der Waals surface area contributed by atoms with Crippen molar-refractivity contribution in [3.05, 3.63) is 64.2 Å². The highest BCUT2D eigenvalue weighted by Crippen LogP contribution is 2.34. The summed E-state index contributed by atoms with van der Waals surface area (Å²) in [5.41, 5.74) is 5.04. The molecule has 1 aromatic heterocycles. The van der Waals surface area contributed by atoms with E-state index in [4.69, 9.17) is 4.99 Å². The summed E-state index contributed by atoms with van der Waals surface area (Å²) in [5.74, 6) is 1.07. The van der Waals surface area contributed by atoms with Crippen LogP contribution in [0.4, 0.5) is 0 Å². The van der Waals surface area contributed by atoms with Gasteiger partial charge < -0.3 is 4.90 Å². The minimum absolute atomic E-state index is 0.0467. The Morgan fingerprint density at radius 2 is 2.00 bits per heavy atom. The van der Waals surface area contributed by atoms with Crippen molar-refractivity contribution in [2.45, 2.75) is 52.5 Å². The average molecular weight is 527 g/mol. The topological polar surface area (TPSA) is 54.7 Å². The van der Waals surface area contributed by atoms with Crippen molar-refractivity contribution in [1.29, 1.82) is 0 Å². The van der Waals surface area contributed by atoms with E-state index in [0.29, 0.717) is 5.69 Å². The number of fused-ring (bicyclic) bond motifs is 1. The fraction of sp³-hybridized carbons (Fsp3) is 0.400. The minimum Gasteiger partial charge on any atom is -0.334 e. The highest BCUT2D eigenvalue weighted by atomic mass is 79.9. The summed E-state index contributed by atoms with van der Waals surface area (Å²) >= 11 is 5.22. The SMILES string of the molecule is CC1=C(C)N(Br)C[N+]2C=C(C[C@@H]3CCCCN3C(=O)c3nc(C)sc3-c3ccccc3)N=C12. The number of likely N-dealkylation sites (tertiary alicyclic amines) is 1. The number of hydrogen-bond acceptors (Lipinski definition) is 6. The van der Waals surface area contributed by atoms with Crippen molar-refractivity contribution in [2.75, 3.05) is 13.2 Å². The Bertz CT molecular complexity index is 1170. The lowest BCUT2D eigenvalue weighted by atomic mass is 9.97. The monoisotopic (exact) mass is 525 g/mol. The zero-order valence-corrected chi connectivity index (χ0v) is 21.6. The number of amides is 1. The number of hydrogen-bond donors (Lipinski definition) is 0. The molecule has 171 valence electrons. The first kappa shape index (κ1) is 22.5. The van der Waals surface area contributed by atoms with E-state index in [-0.39, 0.29) is 11.9 Å². The number of carbonyl (C=O) groups is 1. The smallest absolute Gasteiger partial charge is 0.288 e. The zero-order chi connectivity index (χ0) is 23.1. The van der Waals surface area contributed by atoms with Crippen LogP contribution in [0, 0.1) is 6.92 Å². The standard InChI is InChI=1S/C25H28BrN5OS/c1-16-17(2)31(26)15-29-14-20(28-24(16)29)13-21-11-7-8-12-30(21)25(32)22-23(33-18(3)27-22)19-9-5-4-6-10-19/h4-6,9-10,14,21H,7-8,11-13,15H2,1-3H3/q+1/t21-/m0/s1. The normalized spacial score (nSPS) is 21.3. The van der Waals surface area contributed by atoms with Crippen LogP contribution in [0.15, 0.2) is 58.5 Å². The quantitative estimate of drug-likeness (QED) is 0.375. The van der Waals surface area contributed by atoms with Crippen LogP contribution >= 0.6 is 27.5 Å². The minimum atomic E-state index is 0.0467. The van der Waals surface area contributed by atoms with E-state index in [0.717, 1.165) is 65.9 Å². The lowest BCUT2D eigenvalue weighted by Crippen LogP contribution is -2.44. The number of nitrogens with zero attached hydrogens (tertiary/aromatic N) is 5. The Morgan fingerprint density at radius 3 is 2.79 bits per heavy atom. The van der Waals surface area contributed by atoms with Gasteiger partial charge in [-0.1, -0.05) is 35.2 Å². The van der Waals surface area contributed by atoms with Crippen LogP contribution in [0.1, 0.15) is 55.0 Å². The number of carbonyl (C=O) groups excluding carboxylic acids is 1. The van der Waals surface area contributed by atoms with Gasteiger partial charge in [-0.25, -0.2) is 4.98 Å². The lowest BCUT2D eigenvalue weighted by Gasteiger charge is -2.35. The van der Waals surface area contributed by atoms with Gasteiger partial charge in [-0.3, -0.25) is 8.72 Å². The summed E-state index contributed by atoms with van der Waals surface area (Å²) in [4.78, 5) is 28.6. The zero-order valence-electron chi connectivity index (χ0n) is 19.2. The Hall–Kier alpha value is -2.29. The molecule has 33 heavy (non-hydrogen) atoms. The predicted octanol–water partition coefficient (Wildman–Crippen LogP) is 5.77. The molecular weight excluding hydrogens is 498 g/mol. The molecule has 0 aliphatic carbocycles. The van der Waals surface area contributed by atoms with E-state index in [9.17, 15) is 4.79 Å². The molecule has 6 nitrogen and oxygen atoms in total. The van der Waals surface area contributed by atoms with Crippen molar-refractivity contribution in [3.8, 4) is 10.4 Å². The predicted molar refractivity (Wildman–Crippen MR) is 137 cm³/mol. The fourth-order valence-electron chi connectivity index (χ4n) is 4.77. The number of piperidine rings is 1. The molecule has 1 aromatic carbocycles. The number of benzene rings is 1. The second kappa shape index (κ2) is 9.16.